The Kier molecular flexibility index (Phi) is 5.33. The summed E-state index contributed by atoms with van der Waals surface area (Å²) in [5.74, 6) is -0.892. The van der Waals surface area contributed by atoms with Crippen molar-refractivity contribution in [3.63, 3.8) is 0 Å². The number of rotatable bonds is 5. The van der Waals surface area contributed by atoms with E-state index < -0.39 is 11.9 Å². The number of anilines is 1. The van der Waals surface area contributed by atoms with Crippen molar-refractivity contribution in [2.75, 3.05) is 5.32 Å². The minimum Gasteiger partial charge on any atom is -0.382 e. The number of oxime groups is 1. The molecule has 0 saturated carbocycles. The van der Waals surface area contributed by atoms with Crippen LogP contribution in [-0.2, 0) is 16.2 Å². The summed E-state index contributed by atoms with van der Waals surface area (Å²) in [7, 11) is 0. The van der Waals surface area contributed by atoms with E-state index in [2.05, 4.69) is 39.8 Å². The summed E-state index contributed by atoms with van der Waals surface area (Å²) in [5.41, 5.74) is 2.13. The second-order valence-electron chi connectivity index (χ2n) is 7.49. The highest BCUT2D eigenvalue weighted by Crippen LogP contribution is 2.26. The Morgan fingerprint density at radius 1 is 1.16 bits per heavy atom. The molecule has 1 aromatic heterocycles. The molecule has 1 aliphatic heterocycles. The van der Waals surface area contributed by atoms with E-state index in [1.807, 2.05) is 18.2 Å². The fraction of sp³-hybridized carbons (Fsp3) is 0.125. The Hall–Kier alpha value is -3.71. The first-order chi connectivity index (χ1) is 15.6. The maximum atomic E-state index is 14.1. The normalized spacial score (nSPS) is 15.4. The number of amides is 1. The average Bonchev–Trinajstić information content (AvgIpc) is 3.44. The number of carbonyl (C=O) groups is 1. The van der Waals surface area contributed by atoms with Crippen LogP contribution in [0.2, 0.25) is 5.02 Å². The van der Waals surface area contributed by atoms with E-state index in [9.17, 15) is 9.18 Å². The van der Waals surface area contributed by atoms with Gasteiger partial charge in [0.15, 0.2) is 0 Å². The third-order valence-electron chi connectivity index (χ3n) is 5.33. The number of halogens is 2. The van der Waals surface area contributed by atoms with Crippen molar-refractivity contribution in [1.82, 2.24) is 9.78 Å². The lowest BCUT2D eigenvalue weighted by molar-refractivity contribution is -0.125. The van der Waals surface area contributed by atoms with Gasteiger partial charge in [-0.25, -0.2) is 4.39 Å². The first-order valence-electron chi connectivity index (χ1n) is 10.1. The van der Waals surface area contributed by atoms with Crippen molar-refractivity contribution < 1.29 is 14.0 Å². The van der Waals surface area contributed by atoms with E-state index in [1.165, 1.54) is 12.1 Å². The minimum absolute atomic E-state index is 0.122. The Morgan fingerprint density at radius 3 is 2.84 bits per heavy atom. The molecule has 0 radical (unpaired) electrons. The maximum Gasteiger partial charge on any atom is 0.268 e. The molecule has 32 heavy (non-hydrogen) atoms. The molecule has 1 aliphatic rings. The molecule has 3 aromatic carbocycles. The van der Waals surface area contributed by atoms with Crippen molar-refractivity contribution in [3.05, 3.63) is 95.0 Å². The molecule has 0 aliphatic carbocycles. The van der Waals surface area contributed by atoms with Gasteiger partial charge in [0, 0.05) is 12.6 Å². The molecular weight excluding hydrogens is 431 g/mol. The fourth-order valence-electron chi connectivity index (χ4n) is 3.78. The highest BCUT2D eigenvalue weighted by Gasteiger charge is 2.31. The molecule has 1 amide bonds. The van der Waals surface area contributed by atoms with Gasteiger partial charge in [0.05, 0.1) is 34.7 Å². The summed E-state index contributed by atoms with van der Waals surface area (Å²) in [6.07, 6.45) is 2.58. The third kappa shape index (κ3) is 3.94. The minimum atomic E-state index is -0.873. The summed E-state index contributed by atoms with van der Waals surface area (Å²) in [5, 5.41) is 13.5. The zero-order valence-electron chi connectivity index (χ0n) is 16.8. The van der Waals surface area contributed by atoms with E-state index in [0.29, 0.717) is 17.9 Å². The first kappa shape index (κ1) is 20.2. The summed E-state index contributed by atoms with van der Waals surface area (Å²) < 4.78 is 15.9. The van der Waals surface area contributed by atoms with E-state index in [1.54, 1.807) is 23.1 Å². The molecule has 1 atom stereocenters. The molecule has 2 heterocycles. The molecule has 6 nitrogen and oxygen atoms in total. The number of aromatic nitrogens is 2. The highest BCUT2D eigenvalue weighted by molar-refractivity contribution is 6.34. The van der Waals surface area contributed by atoms with Gasteiger partial charge in [-0.3, -0.25) is 9.48 Å². The molecule has 8 heteroatoms. The van der Waals surface area contributed by atoms with Crippen LogP contribution in [0.25, 0.3) is 10.8 Å². The van der Waals surface area contributed by atoms with Crippen LogP contribution >= 0.6 is 11.6 Å². The van der Waals surface area contributed by atoms with Crippen LogP contribution in [0.3, 0.4) is 0 Å². The van der Waals surface area contributed by atoms with Crippen LogP contribution in [0.15, 0.2) is 78.2 Å². The highest BCUT2D eigenvalue weighted by atomic mass is 35.5. The number of carbonyl (C=O) groups excluding carboxylic acids is 1. The van der Waals surface area contributed by atoms with Gasteiger partial charge in [-0.15, -0.1) is 0 Å². The van der Waals surface area contributed by atoms with Crippen molar-refractivity contribution in [3.8, 4) is 0 Å². The Labute approximate surface area is 188 Å². The van der Waals surface area contributed by atoms with Crippen molar-refractivity contribution in [2.45, 2.75) is 19.1 Å². The first-order valence-corrected chi connectivity index (χ1v) is 10.4. The Balaban J connectivity index is 1.25. The molecule has 160 valence electrons. The molecular formula is C24H18ClFN4O2. The number of hydrogen-bond acceptors (Lipinski definition) is 4. The van der Waals surface area contributed by atoms with Crippen LogP contribution in [0.4, 0.5) is 10.1 Å². The average molecular weight is 449 g/mol. The van der Waals surface area contributed by atoms with E-state index in [4.69, 9.17) is 16.4 Å². The monoisotopic (exact) mass is 448 g/mol. The van der Waals surface area contributed by atoms with E-state index >= 15 is 0 Å². The summed E-state index contributed by atoms with van der Waals surface area (Å²) in [6.45, 7) is 0.566. The van der Waals surface area contributed by atoms with Crippen LogP contribution in [0, 0.1) is 5.82 Å². The lowest BCUT2D eigenvalue weighted by Crippen LogP contribution is -2.28. The van der Waals surface area contributed by atoms with Gasteiger partial charge in [0.2, 0.25) is 6.10 Å². The number of nitrogens with zero attached hydrogens (tertiary/aromatic N) is 3. The van der Waals surface area contributed by atoms with Gasteiger partial charge in [-0.1, -0.05) is 65.3 Å². The largest absolute Gasteiger partial charge is 0.382 e. The topological polar surface area (TPSA) is 68.5 Å². The Bertz CT molecular complexity index is 1330. The summed E-state index contributed by atoms with van der Waals surface area (Å²) in [4.78, 5) is 17.9. The standard InChI is InChI=1S/C24H18ClFN4O2/c25-19-9-4-10-20(26)23(19)21-11-22(32-29-21)24(31)28-17-12-27-30(14-17)13-16-7-3-6-15-5-1-2-8-18(15)16/h1-10,12,14,22H,11,13H2,(H,28,31). The Morgan fingerprint density at radius 2 is 1.97 bits per heavy atom. The number of fused-ring (bicyclic) bond motifs is 1. The molecule has 0 spiro atoms. The second-order valence-corrected chi connectivity index (χ2v) is 7.89. The number of hydrogen-bond donors (Lipinski definition) is 1. The second kappa shape index (κ2) is 8.43. The lowest BCUT2D eigenvalue weighted by Gasteiger charge is -2.08. The van der Waals surface area contributed by atoms with Crippen LogP contribution in [0.1, 0.15) is 17.5 Å². The van der Waals surface area contributed by atoms with Gasteiger partial charge in [-0.05, 0) is 28.5 Å². The van der Waals surface area contributed by atoms with Crippen molar-refractivity contribution >= 4 is 39.7 Å². The van der Waals surface area contributed by atoms with Crippen LogP contribution in [-0.4, -0.2) is 27.5 Å². The molecule has 4 aromatic rings. The quantitative estimate of drug-likeness (QED) is 0.466. The van der Waals surface area contributed by atoms with Crippen molar-refractivity contribution in [1.29, 1.82) is 0 Å². The van der Waals surface area contributed by atoms with Crippen LogP contribution < -0.4 is 5.32 Å². The van der Waals surface area contributed by atoms with Gasteiger partial charge in [-0.2, -0.15) is 5.10 Å². The van der Waals surface area contributed by atoms with Gasteiger partial charge < -0.3 is 10.2 Å². The molecule has 5 rings (SSSR count). The van der Waals surface area contributed by atoms with Crippen molar-refractivity contribution in [2.24, 2.45) is 5.16 Å². The molecule has 0 bridgehead atoms. The lowest BCUT2D eigenvalue weighted by atomic mass is 10.0. The van der Waals surface area contributed by atoms with Gasteiger partial charge in [0.25, 0.3) is 5.91 Å². The summed E-state index contributed by atoms with van der Waals surface area (Å²) >= 11 is 6.08. The van der Waals surface area contributed by atoms with Crippen LogP contribution in [0.5, 0.6) is 0 Å². The molecule has 0 fully saturated rings. The van der Waals surface area contributed by atoms with E-state index in [0.717, 1.165) is 16.3 Å². The molecule has 1 N–H and O–H groups in total. The molecule has 0 saturated heterocycles. The predicted molar refractivity (Wildman–Crippen MR) is 121 cm³/mol. The third-order valence-corrected chi connectivity index (χ3v) is 5.64. The van der Waals surface area contributed by atoms with Gasteiger partial charge in [0.1, 0.15) is 5.82 Å². The number of nitrogens with one attached hydrogen (secondary N) is 1. The SMILES string of the molecule is O=C(Nc1cnn(Cc2cccc3ccccc23)c1)C1CC(c2c(F)cccc2Cl)=NO1. The maximum absolute atomic E-state index is 14.1. The van der Waals surface area contributed by atoms with Gasteiger partial charge >= 0.3 is 0 Å². The zero-order chi connectivity index (χ0) is 22.1. The smallest absolute Gasteiger partial charge is 0.268 e. The molecule has 1 unspecified atom stereocenters. The summed E-state index contributed by atoms with van der Waals surface area (Å²) in [6, 6.07) is 18.7. The number of benzene rings is 3. The fourth-order valence-corrected chi connectivity index (χ4v) is 4.05. The van der Waals surface area contributed by atoms with E-state index in [-0.39, 0.29) is 22.9 Å². The zero-order valence-corrected chi connectivity index (χ0v) is 17.6. The predicted octanol–water partition coefficient (Wildman–Crippen LogP) is 5.01.